The van der Waals surface area contributed by atoms with Crippen molar-refractivity contribution in [3.8, 4) is 6.07 Å². The number of amides is 1. The molecule has 1 N–H and O–H groups in total. The molecule has 0 saturated heterocycles. The number of carbonyl (C=O) groups excluding carboxylic acids is 1. The van der Waals surface area contributed by atoms with Crippen LogP contribution in [0.3, 0.4) is 0 Å². The third-order valence-corrected chi connectivity index (χ3v) is 2.20. The number of hydrogen-bond acceptors (Lipinski definition) is 2. The van der Waals surface area contributed by atoms with Crippen LogP contribution in [0.2, 0.25) is 0 Å². The minimum atomic E-state index is -0.418. The first-order valence-electron chi connectivity index (χ1n) is 4.38. The Kier molecular flexibility index (Phi) is 4.36. The molecule has 0 aliphatic rings. The summed E-state index contributed by atoms with van der Waals surface area (Å²) in [5.41, 5.74) is 1.24. The number of carbonyl (C=O) groups is 1. The van der Waals surface area contributed by atoms with Gasteiger partial charge >= 0.3 is 0 Å². The van der Waals surface area contributed by atoms with E-state index in [1.165, 1.54) is 0 Å². The number of hydrogen-bond donors (Lipinski definition) is 1. The summed E-state index contributed by atoms with van der Waals surface area (Å²) < 4.78 is -0.261. The Balaban J connectivity index is 2.90. The highest BCUT2D eigenvalue weighted by atomic mass is 35.5. The average molecular weight is 255 g/mol. The highest BCUT2D eigenvalue weighted by molar-refractivity contribution is 6.56. The minimum absolute atomic E-state index is 0.158. The van der Waals surface area contributed by atoms with Crippen LogP contribution in [0.15, 0.2) is 34.5 Å². The van der Waals surface area contributed by atoms with E-state index in [4.69, 9.17) is 28.5 Å². The van der Waals surface area contributed by atoms with Gasteiger partial charge in [-0.3, -0.25) is 4.79 Å². The van der Waals surface area contributed by atoms with Gasteiger partial charge in [0.05, 0.1) is 0 Å². The van der Waals surface area contributed by atoms with E-state index in [0.717, 1.165) is 5.56 Å². The SMILES string of the molecule is Cc1cccc(C(=O)NC(C#N)=C(Cl)Cl)c1. The maximum atomic E-state index is 11.7. The van der Waals surface area contributed by atoms with E-state index in [2.05, 4.69) is 5.32 Å². The number of allylic oxidation sites excluding steroid dienone is 1. The molecule has 82 valence electrons. The van der Waals surface area contributed by atoms with Crippen LogP contribution in [0, 0.1) is 18.3 Å². The molecule has 0 radical (unpaired) electrons. The minimum Gasteiger partial charge on any atom is -0.311 e. The topological polar surface area (TPSA) is 52.9 Å². The Hall–Kier alpha value is -1.50. The zero-order valence-corrected chi connectivity index (χ0v) is 9.93. The lowest BCUT2D eigenvalue weighted by Gasteiger charge is -2.04. The van der Waals surface area contributed by atoms with Crippen molar-refractivity contribution < 1.29 is 4.79 Å². The molecule has 16 heavy (non-hydrogen) atoms. The van der Waals surface area contributed by atoms with Gasteiger partial charge in [-0.05, 0) is 19.1 Å². The highest BCUT2D eigenvalue weighted by Crippen LogP contribution is 2.12. The molecule has 0 fully saturated rings. The first-order chi connectivity index (χ1) is 7.54. The molecular formula is C11H8Cl2N2O. The van der Waals surface area contributed by atoms with Gasteiger partial charge in [0.15, 0.2) is 5.70 Å². The third kappa shape index (κ3) is 3.27. The highest BCUT2D eigenvalue weighted by Gasteiger charge is 2.09. The molecule has 1 rings (SSSR count). The van der Waals surface area contributed by atoms with Crippen molar-refractivity contribution in [3.05, 3.63) is 45.6 Å². The molecule has 0 bridgehead atoms. The fourth-order valence-electron chi connectivity index (χ4n) is 1.09. The predicted octanol–water partition coefficient (Wildman–Crippen LogP) is 2.90. The van der Waals surface area contributed by atoms with E-state index in [0.29, 0.717) is 5.56 Å². The molecule has 0 aromatic heterocycles. The molecule has 5 heteroatoms. The van der Waals surface area contributed by atoms with Crippen LogP contribution >= 0.6 is 23.2 Å². The Bertz CT molecular complexity index is 485. The number of nitrogens with zero attached hydrogens (tertiary/aromatic N) is 1. The van der Waals surface area contributed by atoms with Crippen LogP contribution < -0.4 is 5.32 Å². The predicted molar refractivity (Wildman–Crippen MR) is 63.0 cm³/mol. The number of halogens is 2. The van der Waals surface area contributed by atoms with Gasteiger partial charge in [0.1, 0.15) is 10.6 Å². The van der Waals surface area contributed by atoms with Crippen LogP contribution in [0.5, 0.6) is 0 Å². The smallest absolute Gasteiger partial charge is 0.256 e. The lowest BCUT2D eigenvalue weighted by molar-refractivity contribution is 0.0967. The maximum Gasteiger partial charge on any atom is 0.256 e. The van der Waals surface area contributed by atoms with Crippen molar-refractivity contribution in [2.24, 2.45) is 0 Å². The van der Waals surface area contributed by atoms with Gasteiger partial charge in [-0.25, -0.2) is 0 Å². The van der Waals surface area contributed by atoms with Crippen molar-refractivity contribution in [1.29, 1.82) is 5.26 Å². The van der Waals surface area contributed by atoms with Crippen molar-refractivity contribution in [2.45, 2.75) is 6.92 Å². The second-order valence-electron chi connectivity index (χ2n) is 3.07. The Morgan fingerprint density at radius 1 is 1.44 bits per heavy atom. The van der Waals surface area contributed by atoms with Gasteiger partial charge in [0.2, 0.25) is 0 Å². The van der Waals surface area contributed by atoms with Gasteiger partial charge in [-0.1, -0.05) is 40.9 Å². The van der Waals surface area contributed by atoms with Gasteiger partial charge in [0.25, 0.3) is 5.91 Å². The molecule has 0 atom stereocenters. The van der Waals surface area contributed by atoms with E-state index in [1.54, 1.807) is 24.3 Å². The molecular weight excluding hydrogens is 247 g/mol. The standard InChI is InChI=1S/C11H8Cl2N2O/c1-7-3-2-4-8(5-7)11(16)15-9(6-14)10(12)13/h2-5H,1H3,(H,15,16). The van der Waals surface area contributed by atoms with Gasteiger partial charge < -0.3 is 5.32 Å². The van der Waals surface area contributed by atoms with E-state index in [1.807, 2.05) is 13.0 Å². The van der Waals surface area contributed by atoms with Gasteiger partial charge in [-0.15, -0.1) is 0 Å². The summed E-state index contributed by atoms with van der Waals surface area (Å²) >= 11 is 10.8. The normalized spacial score (nSPS) is 9.12. The molecule has 1 aromatic carbocycles. The molecule has 1 aromatic rings. The quantitative estimate of drug-likeness (QED) is 0.826. The lowest BCUT2D eigenvalue weighted by Crippen LogP contribution is -2.22. The summed E-state index contributed by atoms with van der Waals surface area (Å²) in [4.78, 5) is 11.7. The first-order valence-corrected chi connectivity index (χ1v) is 5.13. The van der Waals surface area contributed by atoms with Crippen LogP contribution in [-0.2, 0) is 0 Å². The monoisotopic (exact) mass is 254 g/mol. The largest absolute Gasteiger partial charge is 0.311 e. The summed E-state index contributed by atoms with van der Waals surface area (Å²) in [5, 5.41) is 11.0. The fourth-order valence-corrected chi connectivity index (χ4v) is 1.27. The van der Waals surface area contributed by atoms with Crippen LogP contribution in [-0.4, -0.2) is 5.91 Å². The zero-order valence-electron chi connectivity index (χ0n) is 8.42. The summed E-state index contributed by atoms with van der Waals surface area (Å²) in [7, 11) is 0. The van der Waals surface area contributed by atoms with Gasteiger partial charge in [-0.2, -0.15) is 5.26 Å². The third-order valence-electron chi connectivity index (χ3n) is 1.82. The van der Waals surface area contributed by atoms with Crippen molar-refractivity contribution >= 4 is 29.1 Å². The molecule has 3 nitrogen and oxygen atoms in total. The molecule has 1 amide bonds. The summed E-state index contributed by atoms with van der Waals surface area (Å²) in [6.07, 6.45) is 0. The number of aryl methyl sites for hydroxylation is 1. The van der Waals surface area contributed by atoms with Crippen molar-refractivity contribution in [2.75, 3.05) is 0 Å². The zero-order chi connectivity index (χ0) is 12.1. The van der Waals surface area contributed by atoms with Crippen LogP contribution in [0.4, 0.5) is 0 Å². The van der Waals surface area contributed by atoms with E-state index < -0.39 is 5.91 Å². The molecule has 0 saturated carbocycles. The number of benzene rings is 1. The molecule has 0 aliphatic heterocycles. The Morgan fingerprint density at radius 2 is 2.12 bits per heavy atom. The van der Waals surface area contributed by atoms with E-state index in [9.17, 15) is 4.79 Å². The van der Waals surface area contributed by atoms with Crippen molar-refractivity contribution in [3.63, 3.8) is 0 Å². The maximum absolute atomic E-state index is 11.7. The van der Waals surface area contributed by atoms with E-state index in [-0.39, 0.29) is 10.2 Å². The Morgan fingerprint density at radius 3 is 2.62 bits per heavy atom. The van der Waals surface area contributed by atoms with Crippen LogP contribution in [0.1, 0.15) is 15.9 Å². The molecule has 0 aliphatic carbocycles. The number of rotatable bonds is 2. The average Bonchev–Trinajstić information content (AvgIpc) is 2.25. The lowest BCUT2D eigenvalue weighted by atomic mass is 10.1. The number of nitriles is 1. The second-order valence-corrected chi connectivity index (χ2v) is 4.02. The molecule has 0 spiro atoms. The Labute approximate surface area is 103 Å². The number of nitrogens with one attached hydrogen (secondary N) is 1. The van der Waals surface area contributed by atoms with Crippen molar-refractivity contribution in [1.82, 2.24) is 5.32 Å². The molecule has 0 heterocycles. The first kappa shape index (κ1) is 12.6. The summed E-state index contributed by atoms with van der Waals surface area (Å²) in [5.74, 6) is -0.418. The van der Waals surface area contributed by atoms with Crippen LogP contribution in [0.25, 0.3) is 0 Å². The van der Waals surface area contributed by atoms with E-state index >= 15 is 0 Å². The second kappa shape index (κ2) is 5.55. The summed E-state index contributed by atoms with van der Waals surface area (Å²) in [6, 6.07) is 8.66. The fraction of sp³-hybridized carbons (Fsp3) is 0.0909. The van der Waals surface area contributed by atoms with Gasteiger partial charge in [0, 0.05) is 5.56 Å². The summed E-state index contributed by atoms with van der Waals surface area (Å²) in [6.45, 7) is 1.87. The molecule has 0 unspecified atom stereocenters.